The van der Waals surface area contributed by atoms with E-state index in [1.807, 2.05) is 0 Å². The van der Waals surface area contributed by atoms with Gasteiger partial charge < -0.3 is 20.1 Å². The van der Waals surface area contributed by atoms with Gasteiger partial charge in [-0.15, -0.1) is 24.0 Å². The number of methoxy groups -OCH3 is 1. The molecule has 136 valence electrons. The first kappa shape index (κ1) is 21.0. The number of aliphatic imine (C=N–C) groups is 1. The molecule has 3 unspecified atom stereocenters. The maximum Gasteiger partial charge on any atom is 0.191 e. The van der Waals surface area contributed by atoms with Gasteiger partial charge >= 0.3 is 0 Å². The van der Waals surface area contributed by atoms with Gasteiger partial charge in [0, 0.05) is 37.6 Å². The van der Waals surface area contributed by atoms with E-state index in [1.54, 1.807) is 7.11 Å². The number of rotatable bonds is 5. The van der Waals surface area contributed by atoms with Gasteiger partial charge in [-0.3, -0.25) is 4.99 Å². The molecule has 0 aromatic carbocycles. The van der Waals surface area contributed by atoms with Gasteiger partial charge in [0.15, 0.2) is 5.96 Å². The Bertz CT molecular complexity index is 413. The lowest BCUT2D eigenvalue weighted by Crippen LogP contribution is -2.71. The Kier molecular flexibility index (Phi) is 7.60. The van der Waals surface area contributed by atoms with Crippen LogP contribution in [0.5, 0.6) is 0 Å². The average molecular weight is 439 g/mol. The quantitative estimate of drug-likeness (QED) is 0.393. The topological polar surface area (TPSA) is 54.9 Å². The lowest BCUT2D eigenvalue weighted by Gasteiger charge is -2.60. The molecule has 2 N–H and O–H groups in total. The Labute approximate surface area is 158 Å². The Morgan fingerprint density at radius 2 is 2.09 bits per heavy atom. The van der Waals surface area contributed by atoms with Crippen LogP contribution in [0, 0.1) is 11.3 Å². The molecule has 1 aliphatic heterocycles. The standard InChI is InChI=1S/C17H33N3O2.HI/c1-7-18-15(19-11-16(2,3)21-6)20-13-12-9-8-10-22-14(12)17(13,4)5;/h12-14H,7-11H2,1-6H3,(H2,18,19,20);1H. The van der Waals surface area contributed by atoms with Crippen molar-refractivity contribution in [2.75, 3.05) is 26.8 Å². The lowest BCUT2D eigenvalue weighted by atomic mass is 9.55. The summed E-state index contributed by atoms with van der Waals surface area (Å²) in [7, 11) is 1.73. The van der Waals surface area contributed by atoms with E-state index in [0.29, 0.717) is 24.6 Å². The van der Waals surface area contributed by atoms with E-state index in [1.165, 1.54) is 12.8 Å². The zero-order valence-electron chi connectivity index (χ0n) is 15.4. The lowest BCUT2D eigenvalue weighted by molar-refractivity contribution is -0.188. The van der Waals surface area contributed by atoms with E-state index in [2.05, 4.69) is 45.3 Å². The molecule has 1 saturated heterocycles. The van der Waals surface area contributed by atoms with Crippen molar-refractivity contribution in [3.05, 3.63) is 0 Å². The van der Waals surface area contributed by atoms with Crippen molar-refractivity contribution in [1.82, 2.24) is 10.6 Å². The molecular weight excluding hydrogens is 405 g/mol. The van der Waals surface area contributed by atoms with Gasteiger partial charge in [-0.1, -0.05) is 13.8 Å². The van der Waals surface area contributed by atoms with Gasteiger partial charge in [0.05, 0.1) is 18.2 Å². The first-order valence-electron chi connectivity index (χ1n) is 8.53. The molecule has 2 rings (SSSR count). The maximum atomic E-state index is 5.98. The molecule has 0 aromatic rings. The average Bonchev–Trinajstić information content (AvgIpc) is 2.50. The highest BCUT2D eigenvalue weighted by molar-refractivity contribution is 14.0. The Morgan fingerprint density at radius 1 is 1.39 bits per heavy atom. The number of guanidine groups is 1. The van der Waals surface area contributed by atoms with Crippen molar-refractivity contribution in [3.63, 3.8) is 0 Å². The van der Waals surface area contributed by atoms with E-state index in [0.717, 1.165) is 19.1 Å². The summed E-state index contributed by atoms with van der Waals surface area (Å²) in [6, 6.07) is 0.418. The Morgan fingerprint density at radius 3 is 2.70 bits per heavy atom. The molecule has 0 amide bonds. The van der Waals surface area contributed by atoms with Crippen LogP contribution in [0.3, 0.4) is 0 Å². The SMILES string of the molecule is CCNC(=NCC(C)(C)OC)NC1C2CCCOC2C1(C)C.I. The summed E-state index contributed by atoms with van der Waals surface area (Å²) in [6.07, 6.45) is 2.80. The van der Waals surface area contributed by atoms with E-state index < -0.39 is 0 Å². The molecule has 0 bridgehead atoms. The summed E-state index contributed by atoms with van der Waals surface area (Å²) in [5, 5.41) is 7.00. The second kappa shape index (κ2) is 8.34. The van der Waals surface area contributed by atoms with Gasteiger partial charge in [-0.05, 0) is 33.6 Å². The number of fused-ring (bicyclic) bond motifs is 1. The zero-order valence-corrected chi connectivity index (χ0v) is 17.8. The second-order valence-corrected chi connectivity index (χ2v) is 7.70. The number of ether oxygens (including phenoxy) is 2. The summed E-state index contributed by atoms with van der Waals surface area (Å²) >= 11 is 0. The number of nitrogens with zero attached hydrogens (tertiary/aromatic N) is 1. The van der Waals surface area contributed by atoms with Crippen LogP contribution in [0.1, 0.15) is 47.5 Å². The molecule has 0 radical (unpaired) electrons. The molecule has 1 heterocycles. The van der Waals surface area contributed by atoms with Crippen LogP contribution in [-0.2, 0) is 9.47 Å². The number of halogens is 1. The van der Waals surface area contributed by atoms with Crippen LogP contribution < -0.4 is 10.6 Å². The fourth-order valence-electron chi connectivity index (χ4n) is 3.62. The highest BCUT2D eigenvalue weighted by Gasteiger charge is 2.58. The van der Waals surface area contributed by atoms with Crippen LogP contribution in [0.4, 0.5) is 0 Å². The largest absolute Gasteiger partial charge is 0.377 e. The van der Waals surface area contributed by atoms with E-state index in [9.17, 15) is 0 Å². The minimum absolute atomic E-state index is 0. The fraction of sp³-hybridized carbons (Fsp3) is 0.941. The molecule has 2 aliphatic rings. The van der Waals surface area contributed by atoms with Crippen LogP contribution in [0.2, 0.25) is 0 Å². The van der Waals surface area contributed by atoms with Crippen molar-refractivity contribution in [2.24, 2.45) is 16.3 Å². The predicted molar refractivity (Wildman–Crippen MR) is 106 cm³/mol. The van der Waals surface area contributed by atoms with Gasteiger partial charge in [-0.25, -0.2) is 0 Å². The Hall–Kier alpha value is -0.0800. The molecule has 5 nitrogen and oxygen atoms in total. The summed E-state index contributed by atoms with van der Waals surface area (Å²) in [4.78, 5) is 4.71. The van der Waals surface area contributed by atoms with Gasteiger partial charge in [-0.2, -0.15) is 0 Å². The van der Waals surface area contributed by atoms with Crippen molar-refractivity contribution in [3.8, 4) is 0 Å². The van der Waals surface area contributed by atoms with Crippen molar-refractivity contribution < 1.29 is 9.47 Å². The molecule has 2 fully saturated rings. The third-order valence-electron chi connectivity index (χ3n) is 5.14. The van der Waals surface area contributed by atoms with Crippen LogP contribution in [0.15, 0.2) is 4.99 Å². The van der Waals surface area contributed by atoms with Crippen LogP contribution in [0.25, 0.3) is 0 Å². The third-order valence-corrected chi connectivity index (χ3v) is 5.14. The molecular formula is C17H34IN3O2. The molecule has 3 atom stereocenters. The molecule has 0 spiro atoms. The minimum Gasteiger partial charge on any atom is -0.377 e. The van der Waals surface area contributed by atoms with E-state index in [4.69, 9.17) is 14.5 Å². The second-order valence-electron chi connectivity index (χ2n) is 7.70. The zero-order chi connectivity index (χ0) is 16.4. The summed E-state index contributed by atoms with van der Waals surface area (Å²) in [6.45, 7) is 13.2. The summed E-state index contributed by atoms with van der Waals surface area (Å²) in [5.74, 6) is 1.48. The van der Waals surface area contributed by atoms with Gasteiger partial charge in [0.2, 0.25) is 0 Å². The molecule has 0 aromatic heterocycles. The highest BCUT2D eigenvalue weighted by Crippen LogP contribution is 2.51. The Balaban J connectivity index is 0.00000264. The highest BCUT2D eigenvalue weighted by atomic mass is 127. The summed E-state index contributed by atoms with van der Waals surface area (Å²) in [5.41, 5.74) is -0.0913. The number of nitrogens with one attached hydrogen (secondary N) is 2. The smallest absolute Gasteiger partial charge is 0.191 e. The normalized spacial score (nSPS) is 29.8. The fourth-order valence-corrected chi connectivity index (χ4v) is 3.62. The molecule has 6 heteroatoms. The van der Waals surface area contributed by atoms with E-state index in [-0.39, 0.29) is 35.0 Å². The predicted octanol–water partition coefficient (Wildman–Crippen LogP) is 2.79. The maximum absolute atomic E-state index is 5.98. The minimum atomic E-state index is -0.242. The van der Waals surface area contributed by atoms with Crippen molar-refractivity contribution in [1.29, 1.82) is 0 Å². The molecule has 23 heavy (non-hydrogen) atoms. The van der Waals surface area contributed by atoms with Crippen molar-refractivity contribution in [2.45, 2.75) is 65.2 Å². The number of hydrogen-bond acceptors (Lipinski definition) is 3. The van der Waals surface area contributed by atoms with Gasteiger partial charge in [0.1, 0.15) is 0 Å². The number of hydrogen-bond donors (Lipinski definition) is 2. The van der Waals surface area contributed by atoms with Gasteiger partial charge in [0.25, 0.3) is 0 Å². The van der Waals surface area contributed by atoms with Crippen molar-refractivity contribution >= 4 is 29.9 Å². The van der Waals surface area contributed by atoms with Crippen LogP contribution >= 0.6 is 24.0 Å². The summed E-state index contributed by atoms with van der Waals surface area (Å²) < 4.78 is 11.4. The molecule has 1 saturated carbocycles. The molecule has 1 aliphatic carbocycles. The monoisotopic (exact) mass is 439 g/mol. The first-order chi connectivity index (χ1) is 10.3. The van der Waals surface area contributed by atoms with E-state index >= 15 is 0 Å². The third kappa shape index (κ3) is 4.72. The van der Waals surface area contributed by atoms with Crippen LogP contribution in [-0.4, -0.2) is 50.5 Å². The first-order valence-corrected chi connectivity index (χ1v) is 8.53.